The Morgan fingerprint density at radius 2 is 2.00 bits per heavy atom. The maximum atomic E-state index is 11.9. The molecule has 5 heteroatoms. The van der Waals surface area contributed by atoms with Gasteiger partial charge in [0.15, 0.2) is 0 Å². The summed E-state index contributed by atoms with van der Waals surface area (Å²) < 4.78 is 6.16. The van der Waals surface area contributed by atoms with Crippen LogP contribution in [-0.4, -0.2) is 11.1 Å². The molecular formula is C16H11BrN2O2. The van der Waals surface area contributed by atoms with Gasteiger partial charge in [-0.3, -0.25) is 10.3 Å². The Morgan fingerprint density at radius 1 is 1.10 bits per heavy atom. The molecule has 1 N–H and O–H groups in total. The van der Waals surface area contributed by atoms with Crippen molar-refractivity contribution in [1.82, 2.24) is 4.98 Å². The zero-order valence-corrected chi connectivity index (χ0v) is 12.5. The predicted octanol–water partition coefficient (Wildman–Crippen LogP) is 4.61. The molecule has 0 unspecified atom stereocenters. The second kappa shape index (κ2) is 5.93. The van der Waals surface area contributed by atoms with E-state index in [-0.39, 0.29) is 0 Å². The molecular weight excluding hydrogens is 332 g/mol. The Balaban J connectivity index is 1.74. The fourth-order valence-corrected chi connectivity index (χ4v) is 2.33. The monoisotopic (exact) mass is 342 g/mol. The van der Waals surface area contributed by atoms with E-state index < -0.39 is 6.09 Å². The molecule has 0 atom stereocenters. The first-order chi connectivity index (χ1) is 10.2. The molecule has 0 bridgehead atoms. The maximum absolute atomic E-state index is 11.9. The van der Waals surface area contributed by atoms with Gasteiger partial charge >= 0.3 is 6.09 Å². The molecule has 1 heterocycles. The number of carbonyl (C=O) groups excluding carboxylic acids is 1. The third-order valence-electron chi connectivity index (χ3n) is 2.86. The van der Waals surface area contributed by atoms with Crippen LogP contribution in [0.25, 0.3) is 10.9 Å². The van der Waals surface area contributed by atoms with Gasteiger partial charge in [-0.1, -0.05) is 28.1 Å². The average Bonchev–Trinajstić information content (AvgIpc) is 2.47. The molecule has 0 fully saturated rings. The van der Waals surface area contributed by atoms with Crippen LogP contribution in [0.15, 0.2) is 65.3 Å². The van der Waals surface area contributed by atoms with Gasteiger partial charge in [-0.2, -0.15) is 0 Å². The van der Waals surface area contributed by atoms with E-state index in [1.807, 2.05) is 30.3 Å². The van der Waals surface area contributed by atoms with Gasteiger partial charge in [-0.25, -0.2) is 4.79 Å². The second-order valence-electron chi connectivity index (χ2n) is 4.38. The lowest BCUT2D eigenvalue weighted by Gasteiger charge is -2.07. The van der Waals surface area contributed by atoms with E-state index in [4.69, 9.17) is 4.74 Å². The molecule has 4 nitrogen and oxygen atoms in total. The van der Waals surface area contributed by atoms with Gasteiger partial charge in [0.1, 0.15) is 5.75 Å². The first-order valence-corrected chi connectivity index (χ1v) is 7.09. The van der Waals surface area contributed by atoms with E-state index in [0.717, 1.165) is 15.4 Å². The fraction of sp³-hybridized carbons (Fsp3) is 0. The Labute approximate surface area is 129 Å². The summed E-state index contributed by atoms with van der Waals surface area (Å²) in [6, 6.07) is 16.4. The largest absolute Gasteiger partial charge is 0.417 e. The molecule has 0 aliphatic heterocycles. The van der Waals surface area contributed by atoms with Crippen molar-refractivity contribution in [1.29, 1.82) is 0 Å². The summed E-state index contributed by atoms with van der Waals surface area (Å²) in [6.45, 7) is 0. The van der Waals surface area contributed by atoms with Crippen LogP contribution in [0.3, 0.4) is 0 Å². The first-order valence-electron chi connectivity index (χ1n) is 6.30. The van der Waals surface area contributed by atoms with Crippen LogP contribution in [0.4, 0.5) is 10.5 Å². The smallest absolute Gasteiger partial charge is 0.410 e. The molecule has 0 aliphatic carbocycles. The Morgan fingerprint density at radius 3 is 2.86 bits per heavy atom. The molecule has 21 heavy (non-hydrogen) atoms. The van der Waals surface area contributed by atoms with Crippen molar-refractivity contribution in [3.63, 3.8) is 0 Å². The van der Waals surface area contributed by atoms with Crippen molar-refractivity contribution in [3.8, 4) is 5.75 Å². The highest BCUT2D eigenvalue weighted by Crippen LogP contribution is 2.20. The Kier molecular flexibility index (Phi) is 3.83. The van der Waals surface area contributed by atoms with E-state index in [0.29, 0.717) is 11.4 Å². The van der Waals surface area contributed by atoms with E-state index in [1.165, 1.54) is 0 Å². The number of nitrogens with one attached hydrogen (secondary N) is 1. The van der Waals surface area contributed by atoms with Crippen molar-refractivity contribution in [2.75, 3.05) is 5.32 Å². The summed E-state index contributed by atoms with van der Waals surface area (Å²) in [5, 5.41) is 3.59. The van der Waals surface area contributed by atoms with Crippen LogP contribution in [-0.2, 0) is 0 Å². The molecule has 0 radical (unpaired) electrons. The standard InChI is InChI=1S/C16H11BrN2O2/c17-12-4-1-5-13(10-12)19-16(20)21-14-6-7-15-11(9-14)3-2-8-18-15/h1-10H,(H,19,20). The van der Waals surface area contributed by atoms with Crippen molar-refractivity contribution < 1.29 is 9.53 Å². The van der Waals surface area contributed by atoms with Crippen molar-refractivity contribution >= 4 is 38.6 Å². The lowest BCUT2D eigenvalue weighted by molar-refractivity contribution is 0.215. The molecule has 104 valence electrons. The van der Waals surface area contributed by atoms with Crippen LogP contribution >= 0.6 is 15.9 Å². The molecule has 1 amide bonds. The quantitative estimate of drug-likeness (QED) is 0.739. The molecule has 0 saturated heterocycles. The molecule has 0 saturated carbocycles. The van der Waals surface area contributed by atoms with Gasteiger partial charge < -0.3 is 4.74 Å². The zero-order chi connectivity index (χ0) is 14.7. The van der Waals surface area contributed by atoms with E-state index in [9.17, 15) is 4.79 Å². The summed E-state index contributed by atoms with van der Waals surface area (Å²) in [4.78, 5) is 16.1. The van der Waals surface area contributed by atoms with Gasteiger partial charge in [0.05, 0.1) is 5.52 Å². The van der Waals surface area contributed by atoms with Crippen LogP contribution < -0.4 is 10.1 Å². The molecule has 0 spiro atoms. The topological polar surface area (TPSA) is 51.2 Å². The van der Waals surface area contributed by atoms with Gasteiger partial charge in [0.25, 0.3) is 0 Å². The summed E-state index contributed by atoms with van der Waals surface area (Å²) in [7, 11) is 0. The number of aromatic nitrogens is 1. The highest BCUT2D eigenvalue weighted by molar-refractivity contribution is 9.10. The van der Waals surface area contributed by atoms with Gasteiger partial charge in [0.2, 0.25) is 0 Å². The zero-order valence-electron chi connectivity index (χ0n) is 10.9. The minimum Gasteiger partial charge on any atom is -0.410 e. The lowest BCUT2D eigenvalue weighted by Crippen LogP contribution is -2.16. The highest BCUT2D eigenvalue weighted by Gasteiger charge is 2.06. The SMILES string of the molecule is O=C(Nc1cccc(Br)c1)Oc1ccc2ncccc2c1. The van der Waals surface area contributed by atoms with Crippen molar-refractivity contribution in [2.45, 2.75) is 0 Å². The van der Waals surface area contributed by atoms with Crippen LogP contribution in [0.5, 0.6) is 5.75 Å². The minimum absolute atomic E-state index is 0.475. The van der Waals surface area contributed by atoms with Crippen molar-refractivity contribution in [3.05, 3.63) is 65.3 Å². The van der Waals surface area contributed by atoms with E-state index in [1.54, 1.807) is 30.5 Å². The lowest BCUT2D eigenvalue weighted by atomic mass is 10.2. The summed E-state index contributed by atoms with van der Waals surface area (Å²) in [5.41, 5.74) is 1.52. The number of ether oxygens (including phenoxy) is 1. The van der Waals surface area contributed by atoms with Crippen molar-refractivity contribution in [2.24, 2.45) is 0 Å². The summed E-state index contributed by atoms with van der Waals surface area (Å²) in [6.07, 6.45) is 1.19. The minimum atomic E-state index is -0.531. The van der Waals surface area contributed by atoms with Crippen LogP contribution in [0.2, 0.25) is 0 Å². The number of fused-ring (bicyclic) bond motifs is 1. The summed E-state index contributed by atoms with van der Waals surface area (Å²) in [5.74, 6) is 0.475. The summed E-state index contributed by atoms with van der Waals surface area (Å²) >= 11 is 3.35. The average molecular weight is 343 g/mol. The normalized spacial score (nSPS) is 10.3. The Bertz CT molecular complexity index is 805. The number of amides is 1. The third-order valence-corrected chi connectivity index (χ3v) is 3.35. The number of rotatable bonds is 2. The number of hydrogen-bond donors (Lipinski definition) is 1. The number of hydrogen-bond acceptors (Lipinski definition) is 3. The number of pyridine rings is 1. The number of anilines is 1. The number of nitrogens with zero attached hydrogens (tertiary/aromatic N) is 1. The molecule has 2 aromatic carbocycles. The molecule has 3 aromatic rings. The second-order valence-corrected chi connectivity index (χ2v) is 5.30. The van der Waals surface area contributed by atoms with Crippen LogP contribution in [0, 0.1) is 0 Å². The van der Waals surface area contributed by atoms with Gasteiger partial charge in [-0.15, -0.1) is 0 Å². The number of benzene rings is 2. The number of carbonyl (C=O) groups is 1. The molecule has 0 aliphatic rings. The fourth-order valence-electron chi connectivity index (χ4n) is 1.93. The first kappa shape index (κ1) is 13.6. The molecule has 1 aromatic heterocycles. The van der Waals surface area contributed by atoms with Crippen LogP contribution in [0.1, 0.15) is 0 Å². The highest BCUT2D eigenvalue weighted by atomic mass is 79.9. The van der Waals surface area contributed by atoms with Gasteiger partial charge in [0, 0.05) is 21.7 Å². The number of halogens is 1. The van der Waals surface area contributed by atoms with Gasteiger partial charge in [-0.05, 0) is 42.5 Å². The predicted molar refractivity (Wildman–Crippen MR) is 85.5 cm³/mol. The van der Waals surface area contributed by atoms with E-state index in [2.05, 4.69) is 26.2 Å². The molecule has 3 rings (SSSR count). The van der Waals surface area contributed by atoms with E-state index >= 15 is 0 Å². The Hall–Kier alpha value is -2.40. The maximum Gasteiger partial charge on any atom is 0.417 e. The third kappa shape index (κ3) is 3.38.